The second-order valence-corrected chi connectivity index (χ2v) is 8.70. The molecule has 0 radical (unpaired) electrons. The van der Waals surface area contributed by atoms with Crippen molar-refractivity contribution in [2.75, 3.05) is 10.0 Å². The van der Waals surface area contributed by atoms with Crippen LogP contribution in [0.1, 0.15) is 16.1 Å². The minimum absolute atomic E-state index is 0.0117. The van der Waals surface area contributed by atoms with Crippen LogP contribution >= 0.6 is 0 Å². The van der Waals surface area contributed by atoms with Crippen LogP contribution in [0.4, 0.5) is 11.6 Å². The van der Waals surface area contributed by atoms with E-state index in [1.807, 2.05) is 18.2 Å². The van der Waals surface area contributed by atoms with Crippen LogP contribution in [0.3, 0.4) is 0 Å². The number of benzene rings is 3. The van der Waals surface area contributed by atoms with E-state index >= 15 is 0 Å². The number of rotatable bonds is 7. The summed E-state index contributed by atoms with van der Waals surface area (Å²) in [5, 5.41) is 2.76. The summed E-state index contributed by atoms with van der Waals surface area (Å²) in [6.45, 7) is 1.74. The van der Waals surface area contributed by atoms with Crippen LogP contribution in [-0.4, -0.2) is 24.3 Å². The first-order valence-electron chi connectivity index (χ1n) is 9.96. The van der Waals surface area contributed by atoms with E-state index in [1.54, 1.807) is 49.4 Å². The number of ether oxygens (including phenoxy) is 1. The highest BCUT2D eigenvalue weighted by molar-refractivity contribution is 7.92. The summed E-state index contributed by atoms with van der Waals surface area (Å²) in [5.41, 5.74) is 1.41. The van der Waals surface area contributed by atoms with Gasteiger partial charge in [0.1, 0.15) is 11.5 Å². The molecule has 8 nitrogen and oxygen atoms in total. The lowest BCUT2D eigenvalue weighted by molar-refractivity contribution is 0.102. The second-order valence-electron chi connectivity index (χ2n) is 7.02. The Balaban J connectivity index is 1.48. The van der Waals surface area contributed by atoms with E-state index in [1.165, 1.54) is 30.5 Å². The van der Waals surface area contributed by atoms with Gasteiger partial charge in [-0.15, -0.1) is 0 Å². The summed E-state index contributed by atoms with van der Waals surface area (Å²) in [6, 6.07) is 23.5. The lowest BCUT2D eigenvalue weighted by atomic mass is 10.2. The highest BCUT2D eigenvalue weighted by Gasteiger charge is 2.17. The molecule has 2 N–H and O–H groups in total. The van der Waals surface area contributed by atoms with E-state index < -0.39 is 10.0 Å². The van der Waals surface area contributed by atoms with Crippen LogP contribution in [-0.2, 0) is 10.0 Å². The van der Waals surface area contributed by atoms with Gasteiger partial charge >= 0.3 is 0 Å². The summed E-state index contributed by atoms with van der Waals surface area (Å²) in [5.74, 6) is 0.617. The van der Waals surface area contributed by atoms with Crippen molar-refractivity contribution in [2.24, 2.45) is 0 Å². The Morgan fingerprint density at radius 2 is 1.58 bits per heavy atom. The number of anilines is 2. The number of amides is 1. The van der Waals surface area contributed by atoms with Gasteiger partial charge in [-0.2, -0.15) is 0 Å². The molecule has 4 rings (SSSR count). The first-order valence-corrected chi connectivity index (χ1v) is 11.4. The molecule has 0 saturated heterocycles. The zero-order valence-corrected chi connectivity index (χ0v) is 18.4. The Morgan fingerprint density at radius 3 is 2.30 bits per heavy atom. The fourth-order valence-corrected chi connectivity index (χ4v) is 3.90. The standard InChI is InChI=1S/C24H20N4O4S/c1-17-15-16-25-24(26-17)28-33(30,31)20-13-11-18(12-14-20)27-23(29)21-9-5-6-10-22(21)32-19-7-3-2-4-8-19/h2-16H,1H3,(H,27,29)(H,25,26,28). The van der Waals surface area contributed by atoms with Gasteiger partial charge in [-0.3, -0.25) is 4.79 Å². The van der Waals surface area contributed by atoms with Crippen LogP contribution < -0.4 is 14.8 Å². The molecule has 0 aliphatic heterocycles. The van der Waals surface area contributed by atoms with Gasteiger partial charge in [0.05, 0.1) is 10.5 Å². The topological polar surface area (TPSA) is 110 Å². The van der Waals surface area contributed by atoms with Crippen LogP contribution in [0.2, 0.25) is 0 Å². The minimum atomic E-state index is -3.88. The van der Waals surface area contributed by atoms with Gasteiger partial charge in [-0.05, 0) is 61.5 Å². The van der Waals surface area contributed by atoms with E-state index in [9.17, 15) is 13.2 Å². The lowest BCUT2D eigenvalue weighted by Gasteiger charge is -2.12. The number of sulfonamides is 1. The Kier molecular flexibility index (Phi) is 6.32. The van der Waals surface area contributed by atoms with E-state index in [-0.39, 0.29) is 16.8 Å². The van der Waals surface area contributed by atoms with Crippen LogP contribution in [0.25, 0.3) is 0 Å². The highest BCUT2D eigenvalue weighted by atomic mass is 32.2. The zero-order chi connectivity index (χ0) is 23.3. The van der Waals surface area contributed by atoms with E-state index in [0.29, 0.717) is 28.4 Å². The molecule has 166 valence electrons. The van der Waals surface area contributed by atoms with E-state index in [0.717, 1.165) is 0 Å². The molecule has 0 saturated carbocycles. The molecule has 1 aromatic heterocycles. The molecule has 0 fully saturated rings. The number of nitrogens with zero attached hydrogens (tertiary/aromatic N) is 2. The van der Waals surface area contributed by atoms with Crippen molar-refractivity contribution in [2.45, 2.75) is 11.8 Å². The third-order valence-electron chi connectivity index (χ3n) is 4.55. The first-order chi connectivity index (χ1) is 15.9. The summed E-state index contributed by atoms with van der Waals surface area (Å²) in [7, 11) is -3.88. The molecule has 3 aromatic carbocycles. The highest BCUT2D eigenvalue weighted by Crippen LogP contribution is 2.26. The van der Waals surface area contributed by atoms with Crippen molar-refractivity contribution < 1.29 is 17.9 Å². The molecule has 0 unspecified atom stereocenters. The van der Waals surface area contributed by atoms with Crippen molar-refractivity contribution in [1.82, 2.24) is 9.97 Å². The molecule has 1 heterocycles. The van der Waals surface area contributed by atoms with Crippen molar-refractivity contribution in [3.63, 3.8) is 0 Å². The number of para-hydroxylation sites is 2. The SMILES string of the molecule is Cc1ccnc(NS(=O)(=O)c2ccc(NC(=O)c3ccccc3Oc3ccccc3)cc2)n1. The Labute approximate surface area is 191 Å². The molecule has 0 aliphatic carbocycles. The summed E-state index contributed by atoms with van der Waals surface area (Å²) < 4.78 is 33.4. The average molecular weight is 461 g/mol. The Bertz CT molecular complexity index is 1380. The minimum Gasteiger partial charge on any atom is -0.457 e. The Hall–Kier alpha value is -4.24. The molecule has 0 spiro atoms. The van der Waals surface area contributed by atoms with Gasteiger partial charge in [0, 0.05) is 17.6 Å². The molecule has 1 amide bonds. The molecule has 0 atom stereocenters. The van der Waals surface area contributed by atoms with Crippen molar-refractivity contribution in [1.29, 1.82) is 0 Å². The van der Waals surface area contributed by atoms with Crippen molar-refractivity contribution in [3.8, 4) is 11.5 Å². The zero-order valence-electron chi connectivity index (χ0n) is 17.6. The predicted molar refractivity (Wildman–Crippen MR) is 125 cm³/mol. The fourth-order valence-electron chi connectivity index (χ4n) is 2.95. The van der Waals surface area contributed by atoms with E-state index in [4.69, 9.17) is 4.74 Å². The normalized spacial score (nSPS) is 10.9. The van der Waals surface area contributed by atoms with Gasteiger partial charge < -0.3 is 10.1 Å². The third-order valence-corrected chi connectivity index (χ3v) is 5.89. The van der Waals surface area contributed by atoms with Gasteiger partial charge in [0.15, 0.2) is 0 Å². The van der Waals surface area contributed by atoms with Crippen LogP contribution in [0.5, 0.6) is 11.5 Å². The van der Waals surface area contributed by atoms with E-state index in [2.05, 4.69) is 20.0 Å². The number of aryl methyl sites for hydroxylation is 1. The lowest BCUT2D eigenvalue weighted by Crippen LogP contribution is -2.16. The quantitative estimate of drug-likeness (QED) is 0.416. The van der Waals surface area contributed by atoms with Gasteiger partial charge in [-0.25, -0.2) is 23.1 Å². The van der Waals surface area contributed by atoms with Crippen molar-refractivity contribution >= 4 is 27.6 Å². The van der Waals surface area contributed by atoms with Crippen LogP contribution in [0.15, 0.2) is 96.0 Å². The number of aromatic nitrogens is 2. The molecule has 0 bridgehead atoms. The first kappa shape index (κ1) is 22.0. The second kappa shape index (κ2) is 9.49. The fraction of sp³-hybridized carbons (Fsp3) is 0.0417. The smallest absolute Gasteiger partial charge is 0.264 e. The Morgan fingerprint density at radius 1 is 0.879 bits per heavy atom. The molecular formula is C24H20N4O4S. The number of hydrogen-bond donors (Lipinski definition) is 2. The number of carbonyl (C=O) groups is 1. The molecule has 9 heteroatoms. The van der Waals surface area contributed by atoms with Gasteiger partial charge in [0.25, 0.3) is 15.9 Å². The van der Waals surface area contributed by atoms with Crippen LogP contribution in [0, 0.1) is 6.92 Å². The summed E-state index contributed by atoms with van der Waals surface area (Å²) >= 11 is 0. The van der Waals surface area contributed by atoms with Gasteiger partial charge in [0.2, 0.25) is 5.95 Å². The largest absolute Gasteiger partial charge is 0.457 e. The average Bonchev–Trinajstić information content (AvgIpc) is 2.80. The molecular weight excluding hydrogens is 440 g/mol. The maximum Gasteiger partial charge on any atom is 0.264 e. The summed E-state index contributed by atoms with van der Waals surface area (Å²) in [4.78, 5) is 20.8. The predicted octanol–water partition coefficient (Wildman–Crippen LogP) is 4.63. The number of nitrogens with one attached hydrogen (secondary N) is 2. The maximum absolute atomic E-state index is 12.8. The molecule has 33 heavy (non-hydrogen) atoms. The molecule has 4 aromatic rings. The monoisotopic (exact) mass is 460 g/mol. The molecule has 0 aliphatic rings. The number of carbonyl (C=O) groups excluding carboxylic acids is 1. The third kappa shape index (κ3) is 5.52. The van der Waals surface area contributed by atoms with Gasteiger partial charge in [-0.1, -0.05) is 30.3 Å². The number of hydrogen-bond acceptors (Lipinski definition) is 6. The summed E-state index contributed by atoms with van der Waals surface area (Å²) in [6.07, 6.45) is 1.47. The maximum atomic E-state index is 12.8. The van der Waals surface area contributed by atoms with Crippen molar-refractivity contribution in [3.05, 3.63) is 102 Å².